The number of anilines is 2. The second-order valence-electron chi connectivity index (χ2n) is 7.45. The Kier molecular flexibility index (Phi) is 5.75. The number of carbonyl (C=O) groups excluding carboxylic acids is 1. The zero-order chi connectivity index (χ0) is 22.0. The minimum absolute atomic E-state index is 0.0788. The molecule has 1 N–H and O–H groups in total. The summed E-state index contributed by atoms with van der Waals surface area (Å²) in [6, 6.07) is 5.13. The van der Waals surface area contributed by atoms with Gasteiger partial charge in [-0.2, -0.15) is 0 Å². The normalized spacial score (nSPS) is 12.4. The van der Waals surface area contributed by atoms with Crippen LogP contribution in [0.25, 0.3) is 11.5 Å². The number of aryl methyl sites for hydroxylation is 2. The van der Waals surface area contributed by atoms with Crippen LogP contribution < -0.4 is 15.0 Å². The maximum atomic E-state index is 13.8. The third kappa shape index (κ3) is 4.45. The number of pyridine rings is 2. The first-order valence-corrected chi connectivity index (χ1v) is 9.98. The Labute approximate surface area is 179 Å². The van der Waals surface area contributed by atoms with E-state index in [1.54, 1.807) is 11.1 Å². The van der Waals surface area contributed by atoms with Gasteiger partial charge in [0, 0.05) is 30.1 Å². The zero-order valence-electron chi connectivity index (χ0n) is 17.6. The largest absolute Gasteiger partial charge is 0.494 e. The molecule has 0 atom stereocenters. The number of aromatic nitrogens is 4. The molecular formula is C22H23FN6O2. The summed E-state index contributed by atoms with van der Waals surface area (Å²) >= 11 is 0. The highest BCUT2D eigenvalue weighted by Crippen LogP contribution is 2.31. The highest BCUT2D eigenvalue weighted by atomic mass is 19.1. The second kappa shape index (κ2) is 8.63. The molecule has 0 saturated heterocycles. The molecule has 0 spiro atoms. The van der Waals surface area contributed by atoms with Crippen LogP contribution in [0, 0.1) is 12.7 Å². The third-order valence-electron chi connectivity index (χ3n) is 5.12. The van der Waals surface area contributed by atoms with Crippen molar-refractivity contribution in [3.8, 4) is 17.3 Å². The summed E-state index contributed by atoms with van der Waals surface area (Å²) in [4.78, 5) is 32.0. The van der Waals surface area contributed by atoms with E-state index in [2.05, 4.69) is 25.3 Å². The fourth-order valence-electron chi connectivity index (χ4n) is 3.57. The summed E-state index contributed by atoms with van der Waals surface area (Å²) in [6.07, 6.45) is 5.36. The van der Waals surface area contributed by atoms with Gasteiger partial charge in [-0.15, -0.1) is 0 Å². The Bertz CT molecular complexity index is 1120. The molecule has 3 heterocycles. The minimum atomic E-state index is -0.549. The molecule has 0 unspecified atom stereocenters. The Morgan fingerprint density at radius 1 is 1.23 bits per heavy atom. The lowest BCUT2D eigenvalue weighted by atomic mass is 10.2. The molecule has 0 fully saturated rings. The number of fused-ring (bicyclic) bond motifs is 1. The monoisotopic (exact) mass is 422 g/mol. The molecule has 0 radical (unpaired) electrons. The molecular weight excluding hydrogens is 399 g/mol. The first-order valence-electron chi connectivity index (χ1n) is 9.98. The summed E-state index contributed by atoms with van der Waals surface area (Å²) < 4.78 is 18.8. The highest BCUT2D eigenvalue weighted by molar-refractivity contribution is 5.93. The van der Waals surface area contributed by atoms with Gasteiger partial charge in [0.25, 0.3) is 0 Å². The number of hydrogen-bond donors (Lipinski definition) is 1. The Hall–Kier alpha value is -3.62. The maximum absolute atomic E-state index is 13.8. The SMILES string of the molecule is COc1cc(-c2nc3c(c(N(C)CC(=O)Nc4ccc(C)nc4)n2)CCC3)ncc1F. The first kappa shape index (κ1) is 20.6. The molecule has 31 heavy (non-hydrogen) atoms. The maximum Gasteiger partial charge on any atom is 0.243 e. The molecule has 3 aromatic rings. The number of nitrogens with zero attached hydrogens (tertiary/aromatic N) is 5. The smallest absolute Gasteiger partial charge is 0.243 e. The minimum Gasteiger partial charge on any atom is -0.494 e. The van der Waals surface area contributed by atoms with E-state index in [1.165, 1.54) is 13.2 Å². The summed E-state index contributed by atoms with van der Waals surface area (Å²) in [5, 5.41) is 2.85. The van der Waals surface area contributed by atoms with Crippen molar-refractivity contribution in [2.45, 2.75) is 26.2 Å². The van der Waals surface area contributed by atoms with Gasteiger partial charge in [0.15, 0.2) is 17.4 Å². The van der Waals surface area contributed by atoms with Crippen molar-refractivity contribution < 1.29 is 13.9 Å². The first-order chi connectivity index (χ1) is 14.9. The van der Waals surface area contributed by atoms with Gasteiger partial charge in [-0.3, -0.25) is 9.78 Å². The number of likely N-dealkylation sites (N-methyl/N-ethyl adjacent to an activating group) is 1. The average molecular weight is 422 g/mol. The number of halogens is 1. The molecule has 3 aromatic heterocycles. The van der Waals surface area contributed by atoms with Crippen molar-refractivity contribution in [1.29, 1.82) is 0 Å². The van der Waals surface area contributed by atoms with E-state index >= 15 is 0 Å². The van der Waals surface area contributed by atoms with Gasteiger partial charge < -0.3 is 15.0 Å². The van der Waals surface area contributed by atoms with Crippen molar-refractivity contribution in [1.82, 2.24) is 19.9 Å². The van der Waals surface area contributed by atoms with Crippen molar-refractivity contribution in [2.75, 3.05) is 30.9 Å². The lowest BCUT2D eigenvalue weighted by Gasteiger charge is -2.21. The highest BCUT2D eigenvalue weighted by Gasteiger charge is 2.24. The summed E-state index contributed by atoms with van der Waals surface area (Å²) in [7, 11) is 3.21. The van der Waals surface area contributed by atoms with E-state index in [9.17, 15) is 9.18 Å². The zero-order valence-corrected chi connectivity index (χ0v) is 17.6. The number of carbonyl (C=O) groups is 1. The Morgan fingerprint density at radius 2 is 2.06 bits per heavy atom. The standard InChI is InChI=1S/C22H23FN6O2/c1-13-7-8-14(10-24-13)26-20(30)12-29(2)22-15-5-4-6-17(15)27-21(28-22)18-9-19(31-3)16(23)11-25-18/h7-11H,4-6,12H2,1-3H3,(H,26,30). The fraction of sp³-hybridized carbons (Fsp3) is 0.318. The number of ether oxygens (including phenoxy) is 1. The molecule has 0 aliphatic heterocycles. The van der Waals surface area contributed by atoms with Crippen LogP contribution in [0.4, 0.5) is 15.9 Å². The van der Waals surface area contributed by atoms with Crippen LogP contribution in [-0.4, -0.2) is 46.5 Å². The Morgan fingerprint density at radius 3 is 2.81 bits per heavy atom. The van der Waals surface area contributed by atoms with Gasteiger partial charge in [-0.05, 0) is 38.3 Å². The number of nitrogens with one attached hydrogen (secondary N) is 1. The molecule has 1 amide bonds. The van der Waals surface area contributed by atoms with Crippen LogP contribution in [0.2, 0.25) is 0 Å². The van der Waals surface area contributed by atoms with Crippen LogP contribution in [0.15, 0.2) is 30.6 Å². The van der Waals surface area contributed by atoms with Crippen LogP contribution in [0.5, 0.6) is 5.75 Å². The molecule has 0 saturated carbocycles. The molecule has 1 aliphatic carbocycles. The summed E-state index contributed by atoms with van der Waals surface area (Å²) in [5.74, 6) is 0.410. The van der Waals surface area contributed by atoms with Crippen molar-refractivity contribution in [2.24, 2.45) is 0 Å². The third-order valence-corrected chi connectivity index (χ3v) is 5.12. The van der Waals surface area contributed by atoms with Crippen LogP contribution in [-0.2, 0) is 17.6 Å². The molecule has 160 valence electrons. The lowest BCUT2D eigenvalue weighted by molar-refractivity contribution is -0.114. The quantitative estimate of drug-likeness (QED) is 0.653. The van der Waals surface area contributed by atoms with Crippen molar-refractivity contribution in [3.05, 3.63) is 53.4 Å². The molecule has 0 bridgehead atoms. The molecule has 8 nitrogen and oxygen atoms in total. The van der Waals surface area contributed by atoms with E-state index in [0.29, 0.717) is 23.0 Å². The summed E-state index contributed by atoms with van der Waals surface area (Å²) in [5.41, 5.74) is 3.90. The fourth-order valence-corrected chi connectivity index (χ4v) is 3.57. The van der Waals surface area contributed by atoms with Crippen LogP contribution in [0.3, 0.4) is 0 Å². The molecule has 4 rings (SSSR count). The topological polar surface area (TPSA) is 93.1 Å². The number of amides is 1. The van der Waals surface area contributed by atoms with Crippen LogP contribution in [0.1, 0.15) is 23.4 Å². The van der Waals surface area contributed by atoms with Crippen molar-refractivity contribution >= 4 is 17.4 Å². The van der Waals surface area contributed by atoms with Gasteiger partial charge in [-0.1, -0.05) is 0 Å². The molecule has 0 aromatic carbocycles. The van der Waals surface area contributed by atoms with Gasteiger partial charge in [0.05, 0.1) is 31.7 Å². The summed E-state index contributed by atoms with van der Waals surface area (Å²) in [6.45, 7) is 2.00. The van der Waals surface area contributed by atoms with E-state index in [4.69, 9.17) is 4.74 Å². The number of methoxy groups -OCH3 is 1. The van der Waals surface area contributed by atoms with E-state index < -0.39 is 5.82 Å². The molecule has 1 aliphatic rings. The predicted octanol–water partition coefficient (Wildman–Crippen LogP) is 2.95. The average Bonchev–Trinajstić information content (AvgIpc) is 3.23. The van der Waals surface area contributed by atoms with Crippen LogP contribution >= 0.6 is 0 Å². The van der Waals surface area contributed by atoms with E-state index in [-0.39, 0.29) is 18.2 Å². The Balaban J connectivity index is 1.60. The second-order valence-corrected chi connectivity index (χ2v) is 7.45. The number of rotatable bonds is 6. The van der Waals surface area contributed by atoms with E-state index in [1.807, 2.05) is 26.1 Å². The van der Waals surface area contributed by atoms with E-state index in [0.717, 1.165) is 42.4 Å². The van der Waals surface area contributed by atoms with Gasteiger partial charge in [0.1, 0.15) is 11.5 Å². The van der Waals surface area contributed by atoms with Gasteiger partial charge >= 0.3 is 0 Å². The molecule has 9 heteroatoms. The predicted molar refractivity (Wildman–Crippen MR) is 115 cm³/mol. The van der Waals surface area contributed by atoms with Gasteiger partial charge in [0.2, 0.25) is 5.91 Å². The number of hydrogen-bond acceptors (Lipinski definition) is 7. The lowest BCUT2D eigenvalue weighted by Crippen LogP contribution is -2.31. The van der Waals surface area contributed by atoms with Crippen molar-refractivity contribution in [3.63, 3.8) is 0 Å². The van der Waals surface area contributed by atoms with Gasteiger partial charge in [-0.25, -0.2) is 19.3 Å².